The molecule has 1 aliphatic heterocycles. The Labute approximate surface area is 152 Å². The van der Waals surface area contributed by atoms with E-state index in [9.17, 15) is 18.0 Å². The van der Waals surface area contributed by atoms with Crippen LogP contribution in [-0.2, 0) is 19.9 Å². The van der Waals surface area contributed by atoms with Gasteiger partial charge in [-0.2, -0.15) is 8.42 Å². The average Bonchev–Trinajstić information content (AvgIpc) is 2.41. The van der Waals surface area contributed by atoms with Crippen molar-refractivity contribution in [3.63, 3.8) is 0 Å². The van der Waals surface area contributed by atoms with E-state index in [0.717, 1.165) is 0 Å². The SMILES string of the molecule is O=C(NC1CN(S(=O)(=O)O)C1=O)C(Br)c1ccccc1.[NaH]. The molecule has 2 amide bonds. The summed E-state index contributed by atoms with van der Waals surface area (Å²) < 4.78 is 30.5. The van der Waals surface area contributed by atoms with Crippen molar-refractivity contribution in [2.75, 3.05) is 6.54 Å². The zero-order valence-corrected chi connectivity index (χ0v) is 12.5. The zero-order chi connectivity index (χ0) is 14.9. The second-order valence-corrected chi connectivity index (χ2v) is 6.43. The number of hydrogen-bond donors (Lipinski definition) is 2. The first-order chi connectivity index (χ1) is 9.30. The normalized spacial score (nSPS) is 19.2. The van der Waals surface area contributed by atoms with E-state index in [-0.39, 0.29) is 36.1 Å². The molecule has 0 radical (unpaired) electrons. The Balaban J connectivity index is 0.00000220. The maximum absolute atomic E-state index is 11.9. The standard InChI is InChI=1S/C11H11BrN2O5S.Na.H/c12-9(7-4-2-1-3-5-7)10(15)13-8-6-14(11(8)16)20(17,18)19;;/h1-5,8-9H,6H2,(H,13,15)(H,17,18,19);;. The predicted octanol–water partition coefficient (Wildman–Crippen LogP) is -0.396. The number of carbonyl (C=O) groups is 2. The zero-order valence-electron chi connectivity index (χ0n) is 10.1. The second kappa shape index (κ2) is 7.21. The van der Waals surface area contributed by atoms with Crippen molar-refractivity contribution in [2.24, 2.45) is 0 Å². The second-order valence-electron chi connectivity index (χ2n) is 4.18. The van der Waals surface area contributed by atoms with E-state index in [1.165, 1.54) is 0 Å². The van der Waals surface area contributed by atoms with Crippen molar-refractivity contribution < 1.29 is 22.6 Å². The van der Waals surface area contributed by atoms with E-state index >= 15 is 0 Å². The molecule has 0 saturated carbocycles. The van der Waals surface area contributed by atoms with Crippen LogP contribution in [0, 0.1) is 0 Å². The number of halogens is 1. The number of nitrogens with one attached hydrogen (secondary N) is 1. The van der Waals surface area contributed by atoms with Crippen LogP contribution >= 0.6 is 15.9 Å². The minimum absolute atomic E-state index is 0. The van der Waals surface area contributed by atoms with Crippen molar-refractivity contribution in [3.8, 4) is 0 Å². The molecule has 2 rings (SSSR count). The van der Waals surface area contributed by atoms with Crippen LogP contribution in [0.2, 0.25) is 0 Å². The van der Waals surface area contributed by atoms with Crippen LogP contribution in [0.3, 0.4) is 0 Å². The molecule has 110 valence electrons. The molecule has 1 aliphatic rings. The van der Waals surface area contributed by atoms with E-state index in [1.54, 1.807) is 30.3 Å². The van der Waals surface area contributed by atoms with E-state index in [4.69, 9.17) is 4.55 Å². The molecule has 0 bridgehead atoms. The molecule has 0 aromatic heterocycles. The number of rotatable bonds is 4. The van der Waals surface area contributed by atoms with Gasteiger partial charge in [-0.1, -0.05) is 46.3 Å². The van der Waals surface area contributed by atoms with Gasteiger partial charge < -0.3 is 5.32 Å². The first-order valence-corrected chi connectivity index (χ1v) is 7.90. The van der Waals surface area contributed by atoms with Crippen LogP contribution in [-0.4, -0.2) is 71.2 Å². The molecule has 0 spiro atoms. The number of carbonyl (C=O) groups excluding carboxylic acids is 2. The van der Waals surface area contributed by atoms with Gasteiger partial charge in [0.05, 0.1) is 6.54 Å². The third-order valence-electron chi connectivity index (χ3n) is 2.81. The van der Waals surface area contributed by atoms with E-state index < -0.39 is 33.0 Å². The number of nitrogens with zero attached hydrogens (tertiary/aromatic N) is 1. The molecule has 7 nitrogen and oxygen atoms in total. The summed E-state index contributed by atoms with van der Waals surface area (Å²) in [6, 6.07) is 7.89. The van der Waals surface area contributed by atoms with Gasteiger partial charge in [-0.25, -0.2) is 4.31 Å². The molecule has 2 N–H and O–H groups in total. The molecule has 21 heavy (non-hydrogen) atoms. The molecule has 1 aromatic carbocycles. The molecule has 1 fully saturated rings. The van der Waals surface area contributed by atoms with Gasteiger partial charge in [-0.15, -0.1) is 0 Å². The van der Waals surface area contributed by atoms with Crippen molar-refractivity contribution in [2.45, 2.75) is 10.9 Å². The quantitative estimate of drug-likeness (QED) is 0.317. The van der Waals surface area contributed by atoms with Crippen LogP contribution in [0.25, 0.3) is 0 Å². The summed E-state index contributed by atoms with van der Waals surface area (Å²) >= 11 is 3.20. The Morgan fingerprint density at radius 2 is 1.95 bits per heavy atom. The third kappa shape index (κ3) is 4.27. The molecule has 0 aliphatic carbocycles. The van der Waals surface area contributed by atoms with E-state index in [2.05, 4.69) is 21.2 Å². The Bertz CT molecular complexity index is 639. The summed E-state index contributed by atoms with van der Waals surface area (Å²) in [6.07, 6.45) is 0. The number of benzene rings is 1. The molecular formula is C11H12BrN2NaO5S. The van der Waals surface area contributed by atoms with Crippen molar-refractivity contribution in [3.05, 3.63) is 35.9 Å². The average molecular weight is 387 g/mol. The van der Waals surface area contributed by atoms with Crippen LogP contribution in [0.1, 0.15) is 10.4 Å². The summed E-state index contributed by atoms with van der Waals surface area (Å²) in [6.45, 7) is -0.266. The van der Waals surface area contributed by atoms with Crippen LogP contribution in [0.5, 0.6) is 0 Å². The monoisotopic (exact) mass is 386 g/mol. The molecule has 2 atom stereocenters. The van der Waals surface area contributed by atoms with Gasteiger partial charge in [0, 0.05) is 0 Å². The van der Waals surface area contributed by atoms with E-state index in [0.29, 0.717) is 9.87 Å². The Kier molecular flexibility index (Phi) is 6.38. The van der Waals surface area contributed by atoms with Gasteiger partial charge in [-0.05, 0) is 5.56 Å². The molecule has 2 unspecified atom stereocenters. The van der Waals surface area contributed by atoms with Crippen molar-refractivity contribution in [1.82, 2.24) is 9.62 Å². The fourth-order valence-corrected chi connectivity index (χ4v) is 2.86. The Morgan fingerprint density at radius 3 is 2.43 bits per heavy atom. The van der Waals surface area contributed by atoms with Crippen molar-refractivity contribution in [1.29, 1.82) is 0 Å². The summed E-state index contributed by atoms with van der Waals surface area (Å²) in [5.41, 5.74) is 0.711. The molecule has 10 heteroatoms. The number of hydrogen-bond acceptors (Lipinski definition) is 4. The predicted molar refractivity (Wildman–Crippen MR) is 80.5 cm³/mol. The van der Waals surface area contributed by atoms with E-state index in [1.807, 2.05) is 0 Å². The van der Waals surface area contributed by atoms with Crippen LogP contribution in [0.4, 0.5) is 0 Å². The first-order valence-electron chi connectivity index (χ1n) is 5.59. The molecule has 1 heterocycles. The van der Waals surface area contributed by atoms with Gasteiger partial charge in [0.1, 0.15) is 10.9 Å². The number of alkyl halides is 1. The summed E-state index contributed by atoms with van der Waals surface area (Å²) in [5, 5.41) is 2.41. The Hall–Kier alpha value is -0.450. The molecule has 1 saturated heterocycles. The topological polar surface area (TPSA) is 104 Å². The number of amides is 2. The fourth-order valence-electron chi connectivity index (χ4n) is 1.73. The van der Waals surface area contributed by atoms with Gasteiger partial charge in [0.2, 0.25) is 5.91 Å². The fraction of sp³-hybridized carbons (Fsp3) is 0.273. The third-order valence-corrected chi connectivity index (χ3v) is 4.64. The summed E-state index contributed by atoms with van der Waals surface area (Å²) in [4.78, 5) is 22.7. The van der Waals surface area contributed by atoms with Gasteiger partial charge in [-0.3, -0.25) is 14.1 Å². The Morgan fingerprint density at radius 1 is 1.38 bits per heavy atom. The maximum atomic E-state index is 11.9. The minimum atomic E-state index is -4.54. The first kappa shape index (κ1) is 18.6. The summed E-state index contributed by atoms with van der Waals surface area (Å²) in [5.74, 6) is -1.31. The van der Waals surface area contributed by atoms with Gasteiger partial charge in [0.25, 0.3) is 5.91 Å². The van der Waals surface area contributed by atoms with Gasteiger partial charge in [0.15, 0.2) is 0 Å². The van der Waals surface area contributed by atoms with Gasteiger partial charge >= 0.3 is 39.9 Å². The molecular weight excluding hydrogens is 375 g/mol. The molecule has 1 aromatic rings. The van der Waals surface area contributed by atoms with Crippen LogP contribution < -0.4 is 5.32 Å². The van der Waals surface area contributed by atoms with Crippen LogP contribution in [0.15, 0.2) is 30.3 Å². The number of β-lactam (4-membered cyclic amide) rings is 1. The van der Waals surface area contributed by atoms with Crippen molar-refractivity contribution >= 4 is 67.6 Å². The summed E-state index contributed by atoms with van der Waals surface area (Å²) in [7, 11) is -4.54.